The van der Waals surface area contributed by atoms with E-state index in [1.165, 1.54) is 54.6 Å². The molecule has 2 aliphatic rings. The summed E-state index contributed by atoms with van der Waals surface area (Å²) in [7, 11) is 0. The molecule has 1 atom stereocenters. The van der Waals surface area contributed by atoms with Crippen molar-refractivity contribution in [2.24, 2.45) is 0 Å². The lowest BCUT2D eigenvalue weighted by Gasteiger charge is -2.16. The Kier molecular flexibility index (Phi) is 7.40. The molecule has 11 heteroatoms. The van der Waals surface area contributed by atoms with E-state index in [2.05, 4.69) is 11.1 Å². The van der Waals surface area contributed by atoms with Gasteiger partial charge >= 0.3 is 0 Å². The Morgan fingerprint density at radius 3 is 2.45 bits per heavy atom. The highest BCUT2D eigenvalue weighted by atomic mass is 35.5. The van der Waals surface area contributed by atoms with Crippen LogP contribution in [0.4, 0.5) is 15.9 Å². The van der Waals surface area contributed by atoms with E-state index in [4.69, 9.17) is 17.3 Å². The van der Waals surface area contributed by atoms with Gasteiger partial charge in [-0.2, -0.15) is 10.5 Å². The Bertz CT molecular complexity index is 1670. The number of nitrogen functional groups attached to an aromatic ring is 1. The van der Waals surface area contributed by atoms with Crippen LogP contribution >= 0.6 is 23.4 Å². The van der Waals surface area contributed by atoms with Crippen molar-refractivity contribution in [3.8, 4) is 12.1 Å². The number of benzene rings is 2. The molecule has 8 nitrogen and oxygen atoms in total. The molecule has 2 N–H and O–H groups in total. The van der Waals surface area contributed by atoms with Crippen molar-refractivity contribution in [2.75, 3.05) is 10.6 Å². The number of carbonyl (C=O) groups is 3. The van der Waals surface area contributed by atoms with Gasteiger partial charge in [-0.05, 0) is 72.9 Å². The number of amides is 2. The smallest absolute Gasteiger partial charge is 0.247 e. The summed E-state index contributed by atoms with van der Waals surface area (Å²) in [5.41, 5.74) is 7.59. The molecular formula is C29H19ClFN5O3S. The number of halogens is 2. The van der Waals surface area contributed by atoms with Crippen molar-refractivity contribution in [3.05, 3.63) is 87.2 Å². The number of hydrogen-bond donors (Lipinski definition) is 1. The summed E-state index contributed by atoms with van der Waals surface area (Å²) in [5, 5.41) is 18.9. The van der Waals surface area contributed by atoms with Crippen molar-refractivity contribution in [1.82, 2.24) is 4.98 Å². The first-order valence-electron chi connectivity index (χ1n) is 12.2. The Morgan fingerprint density at radius 2 is 1.82 bits per heavy atom. The van der Waals surface area contributed by atoms with Crippen LogP contribution in [-0.2, 0) is 9.59 Å². The van der Waals surface area contributed by atoms with Crippen LogP contribution in [0.3, 0.4) is 0 Å². The second-order valence-electron chi connectivity index (χ2n) is 9.22. The molecule has 0 spiro atoms. The summed E-state index contributed by atoms with van der Waals surface area (Å²) in [6.45, 7) is 0. The number of anilines is 2. The number of pyridine rings is 1. The number of rotatable bonds is 7. The predicted octanol–water partition coefficient (Wildman–Crippen LogP) is 5.40. The predicted molar refractivity (Wildman–Crippen MR) is 148 cm³/mol. The first-order chi connectivity index (χ1) is 19.2. The summed E-state index contributed by atoms with van der Waals surface area (Å²) in [5.74, 6) is -1.88. The summed E-state index contributed by atoms with van der Waals surface area (Å²) in [4.78, 5) is 44.0. The molecule has 2 heterocycles. The van der Waals surface area contributed by atoms with E-state index >= 15 is 0 Å². The normalized spacial score (nSPS) is 16.8. The van der Waals surface area contributed by atoms with E-state index in [1.807, 2.05) is 6.07 Å². The third kappa shape index (κ3) is 5.07. The standard InChI is InChI=1S/C29H19ClFN5O3S/c30-21-2-1-3-22(31)18(21)10-11-23(37)15-6-8-17(9-7-15)36-25(38)12-24(29(36)39)40-28-20(14-33)26(16-4-5-16)19(13-32)27(34)35-28/h1-3,6-11,16,24H,4-5,12H2,(H2,34,35)/b11-10+. The average Bonchev–Trinajstić information content (AvgIpc) is 3.73. The van der Waals surface area contributed by atoms with Crippen LogP contribution in [-0.4, -0.2) is 27.8 Å². The Morgan fingerprint density at radius 1 is 1.12 bits per heavy atom. The van der Waals surface area contributed by atoms with Crippen LogP contribution in [0.15, 0.2) is 53.6 Å². The van der Waals surface area contributed by atoms with Gasteiger partial charge in [-0.15, -0.1) is 0 Å². The van der Waals surface area contributed by atoms with Gasteiger partial charge in [-0.25, -0.2) is 14.3 Å². The van der Waals surface area contributed by atoms with Crippen molar-refractivity contribution < 1.29 is 18.8 Å². The number of allylic oxidation sites excluding steroid dienone is 1. The topological polar surface area (TPSA) is 141 Å². The first-order valence-corrected chi connectivity index (χ1v) is 13.4. The van der Waals surface area contributed by atoms with Crippen LogP contribution in [0.5, 0.6) is 0 Å². The van der Waals surface area contributed by atoms with E-state index in [-0.39, 0.29) is 56.1 Å². The van der Waals surface area contributed by atoms with Crippen LogP contribution < -0.4 is 10.6 Å². The van der Waals surface area contributed by atoms with Gasteiger partial charge in [0.2, 0.25) is 11.8 Å². The third-order valence-corrected chi connectivity index (χ3v) is 8.11. The zero-order chi connectivity index (χ0) is 28.6. The lowest BCUT2D eigenvalue weighted by Crippen LogP contribution is -2.31. The molecule has 2 aromatic carbocycles. The van der Waals surface area contributed by atoms with E-state index in [0.29, 0.717) is 5.56 Å². The van der Waals surface area contributed by atoms with Crippen LogP contribution in [0.2, 0.25) is 5.02 Å². The maximum Gasteiger partial charge on any atom is 0.247 e. The molecule has 1 aliphatic heterocycles. The lowest BCUT2D eigenvalue weighted by atomic mass is 10.0. The van der Waals surface area contributed by atoms with Gasteiger partial charge in [-0.3, -0.25) is 14.4 Å². The summed E-state index contributed by atoms with van der Waals surface area (Å²) >= 11 is 6.97. The van der Waals surface area contributed by atoms with E-state index in [9.17, 15) is 29.3 Å². The summed E-state index contributed by atoms with van der Waals surface area (Å²) in [6.07, 6.45) is 4.02. The largest absolute Gasteiger partial charge is 0.383 e. The lowest BCUT2D eigenvalue weighted by molar-refractivity contribution is -0.121. The van der Waals surface area contributed by atoms with Gasteiger partial charge in [0.25, 0.3) is 0 Å². The molecule has 198 valence electrons. The van der Waals surface area contributed by atoms with E-state index in [0.717, 1.165) is 29.5 Å². The number of thioether (sulfide) groups is 1. The number of hydrogen-bond acceptors (Lipinski definition) is 8. The SMILES string of the molecule is N#Cc1c(N)nc(SC2CC(=O)N(c3ccc(C(=O)/C=C/c4c(F)cccc4Cl)cc3)C2=O)c(C#N)c1C1CC1. The van der Waals surface area contributed by atoms with Crippen molar-refractivity contribution in [2.45, 2.75) is 35.5 Å². The number of aromatic nitrogens is 1. The average molecular weight is 572 g/mol. The van der Waals surface area contributed by atoms with Crippen LogP contribution in [0.1, 0.15) is 57.8 Å². The van der Waals surface area contributed by atoms with Crippen LogP contribution in [0, 0.1) is 28.5 Å². The van der Waals surface area contributed by atoms with Crippen molar-refractivity contribution in [3.63, 3.8) is 0 Å². The van der Waals surface area contributed by atoms with Gasteiger partial charge in [-0.1, -0.05) is 29.4 Å². The number of nitrogens with zero attached hydrogens (tertiary/aromatic N) is 4. The minimum Gasteiger partial charge on any atom is -0.383 e. The summed E-state index contributed by atoms with van der Waals surface area (Å²) < 4.78 is 14.0. The molecule has 0 radical (unpaired) electrons. The Balaban J connectivity index is 1.34. The molecule has 1 aromatic heterocycles. The fourth-order valence-corrected chi connectivity index (χ4v) is 5.84. The van der Waals surface area contributed by atoms with E-state index < -0.39 is 28.7 Å². The molecule has 2 amide bonds. The molecule has 1 saturated carbocycles. The van der Waals surface area contributed by atoms with Gasteiger partial charge < -0.3 is 5.73 Å². The molecule has 1 saturated heterocycles. The fraction of sp³-hybridized carbons (Fsp3) is 0.172. The second kappa shape index (κ2) is 10.9. The molecule has 1 unspecified atom stereocenters. The fourth-order valence-electron chi connectivity index (χ4n) is 4.49. The van der Waals surface area contributed by atoms with E-state index in [1.54, 1.807) is 0 Å². The first kappa shape index (κ1) is 27.1. The number of ketones is 1. The molecular weight excluding hydrogens is 553 g/mol. The minimum absolute atomic E-state index is 0.00823. The number of nitrogens with two attached hydrogens (primary N) is 1. The van der Waals surface area contributed by atoms with Crippen molar-refractivity contribution in [1.29, 1.82) is 10.5 Å². The zero-order valence-corrected chi connectivity index (χ0v) is 22.3. The molecule has 2 fully saturated rings. The van der Waals surface area contributed by atoms with Crippen molar-refractivity contribution >= 4 is 58.5 Å². The van der Waals surface area contributed by atoms with Gasteiger partial charge in [0, 0.05) is 17.5 Å². The Labute approximate surface area is 237 Å². The number of imide groups is 1. The molecule has 40 heavy (non-hydrogen) atoms. The summed E-state index contributed by atoms with van der Waals surface area (Å²) in [6, 6.07) is 14.2. The second-order valence-corrected chi connectivity index (χ2v) is 10.8. The molecule has 0 bridgehead atoms. The monoisotopic (exact) mass is 571 g/mol. The van der Waals surface area contributed by atoms with Gasteiger partial charge in [0.15, 0.2) is 5.78 Å². The minimum atomic E-state index is -0.846. The number of carbonyl (C=O) groups excluding carboxylic acids is 3. The molecule has 3 aromatic rings. The van der Waals surface area contributed by atoms with Gasteiger partial charge in [0.05, 0.1) is 27.1 Å². The number of nitriles is 2. The zero-order valence-electron chi connectivity index (χ0n) is 20.7. The Hall–Kier alpha value is -4.51. The van der Waals surface area contributed by atoms with Gasteiger partial charge in [0.1, 0.15) is 28.8 Å². The maximum atomic E-state index is 14.0. The highest BCUT2D eigenvalue weighted by molar-refractivity contribution is 8.00. The highest BCUT2D eigenvalue weighted by Gasteiger charge is 2.42. The third-order valence-electron chi connectivity index (χ3n) is 6.61. The molecule has 1 aliphatic carbocycles. The quantitative estimate of drug-likeness (QED) is 0.226. The highest BCUT2D eigenvalue weighted by Crippen LogP contribution is 2.47. The maximum absolute atomic E-state index is 14.0. The van der Waals surface area contributed by atoms with Crippen LogP contribution in [0.25, 0.3) is 6.08 Å². The molecule has 5 rings (SSSR count).